The Labute approximate surface area is 162 Å². The molecule has 1 aliphatic rings. The zero-order valence-electron chi connectivity index (χ0n) is 16.9. The Balaban J connectivity index is 1.85. The fourth-order valence-corrected chi connectivity index (χ4v) is 3.43. The van der Waals surface area contributed by atoms with Crippen molar-refractivity contribution in [1.29, 1.82) is 0 Å². The Morgan fingerprint density at radius 3 is 2.48 bits per heavy atom. The molecular formula is C22H30N4O. The molecule has 2 heterocycles. The first-order valence-corrected chi connectivity index (χ1v) is 9.89. The predicted molar refractivity (Wildman–Crippen MR) is 109 cm³/mol. The van der Waals surface area contributed by atoms with Gasteiger partial charge in [-0.1, -0.05) is 37.3 Å². The number of hydrogen-bond acceptors (Lipinski definition) is 4. The summed E-state index contributed by atoms with van der Waals surface area (Å²) in [7, 11) is 0. The molecule has 5 nitrogen and oxygen atoms in total. The van der Waals surface area contributed by atoms with E-state index in [2.05, 4.69) is 47.8 Å². The molecule has 144 valence electrons. The van der Waals surface area contributed by atoms with Gasteiger partial charge in [0.2, 0.25) is 5.95 Å². The van der Waals surface area contributed by atoms with Gasteiger partial charge in [-0.05, 0) is 51.2 Å². The van der Waals surface area contributed by atoms with Crippen molar-refractivity contribution in [2.24, 2.45) is 5.92 Å². The molecule has 0 N–H and O–H groups in total. The molecule has 0 saturated carbocycles. The molecule has 1 amide bonds. The molecule has 3 rings (SSSR count). The van der Waals surface area contributed by atoms with Crippen molar-refractivity contribution < 1.29 is 4.79 Å². The minimum atomic E-state index is 0.0251. The largest absolute Gasteiger partial charge is 0.337 e. The van der Waals surface area contributed by atoms with Crippen LogP contribution in [0.4, 0.5) is 5.95 Å². The van der Waals surface area contributed by atoms with Crippen molar-refractivity contribution in [2.45, 2.75) is 53.1 Å². The summed E-state index contributed by atoms with van der Waals surface area (Å²) in [4.78, 5) is 26.4. The zero-order chi connectivity index (χ0) is 19.4. The smallest absolute Gasteiger partial charge is 0.272 e. The number of amides is 1. The number of carbonyl (C=O) groups is 1. The number of aryl methyl sites for hydroxylation is 1. The number of rotatable bonds is 5. The second kappa shape index (κ2) is 8.51. The van der Waals surface area contributed by atoms with Crippen molar-refractivity contribution in [3.63, 3.8) is 0 Å². The van der Waals surface area contributed by atoms with Crippen LogP contribution >= 0.6 is 0 Å². The molecule has 0 unspecified atom stereocenters. The number of aromatic nitrogens is 2. The highest BCUT2D eigenvalue weighted by Crippen LogP contribution is 2.21. The maximum absolute atomic E-state index is 13.0. The monoisotopic (exact) mass is 366 g/mol. The molecule has 1 aromatic heterocycles. The zero-order valence-corrected chi connectivity index (χ0v) is 16.9. The summed E-state index contributed by atoms with van der Waals surface area (Å²) >= 11 is 0. The second-order valence-electron chi connectivity index (χ2n) is 7.88. The van der Waals surface area contributed by atoms with Crippen molar-refractivity contribution in [3.8, 4) is 0 Å². The first kappa shape index (κ1) is 19.3. The van der Waals surface area contributed by atoms with Gasteiger partial charge in [0.15, 0.2) is 0 Å². The number of benzene rings is 1. The van der Waals surface area contributed by atoms with Gasteiger partial charge in [-0.3, -0.25) is 4.79 Å². The first-order valence-electron chi connectivity index (χ1n) is 9.89. The SMILES string of the molecule is Cc1cc(C(=O)N2CCC(C)CC2)nc(N(Cc2ccccc2)C(C)C)n1. The van der Waals surface area contributed by atoms with Crippen molar-refractivity contribution in [2.75, 3.05) is 18.0 Å². The van der Waals surface area contributed by atoms with Gasteiger partial charge in [0.1, 0.15) is 5.69 Å². The van der Waals surface area contributed by atoms with Crippen LogP contribution in [0.5, 0.6) is 0 Å². The van der Waals surface area contributed by atoms with Crippen LogP contribution in [0.3, 0.4) is 0 Å². The Hall–Kier alpha value is -2.43. The van der Waals surface area contributed by atoms with Crippen LogP contribution < -0.4 is 4.90 Å². The Morgan fingerprint density at radius 2 is 1.85 bits per heavy atom. The van der Waals surface area contributed by atoms with Gasteiger partial charge in [0, 0.05) is 31.4 Å². The number of hydrogen-bond donors (Lipinski definition) is 0. The van der Waals surface area contributed by atoms with Crippen molar-refractivity contribution in [3.05, 3.63) is 53.3 Å². The molecule has 27 heavy (non-hydrogen) atoms. The van der Waals surface area contributed by atoms with Gasteiger partial charge in [0.25, 0.3) is 5.91 Å². The molecule has 0 aliphatic carbocycles. The van der Waals surface area contributed by atoms with E-state index in [0.717, 1.165) is 38.2 Å². The van der Waals surface area contributed by atoms with E-state index in [1.54, 1.807) is 0 Å². The first-order chi connectivity index (χ1) is 12.9. The predicted octanol–water partition coefficient (Wildman–Crippen LogP) is 4.07. The molecule has 1 saturated heterocycles. The van der Waals surface area contributed by atoms with Gasteiger partial charge < -0.3 is 9.80 Å². The van der Waals surface area contributed by atoms with E-state index in [0.29, 0.717) is 17.6 Å². The molecule has 0 spiro atoms. The summed E-state index contributed by atoms with van der Waals surface area (Å²) in [5, 5.41) is 0. The van der Waals surface area contributed by atoms with E-state index in [4.69, 9.17) is 0 Å². The summed E-state index contributed by atoms with van der Waals surface area (Å²) < 4.78 is 0. The lowest BCUT2D eigenvalue weighted by Crippen LogP contribution is -2.39. The minimum absolute atomic E-state index is 0.0251. The molecule has 1 aliphatic heterocycles. The quantitative estimate of drug-likeness (QED) is 0.800. The summed E-state index contributed by atoms with van der Waals surface area (Å²) in [5.74, 6) is 1.35. The maximum Gasteiger partial charge on any atom is 0.272 e. The highest BCUT2D eigenvalue weighted by atomic mass is 16.2. The third kappa shape index (κ3) is 4.85. The molecule has 0 bridgehead atoms. The van der Waals surface area contributed by atoms with Crippen LogP contribution in [-0.2, 0) is 6.54 Å². The highest BCUT2D eigenvalue weighted by molar-refractivity contribution is 5.92. The van der Waals surface area contributed by atoms with Crippen LogP contribution in [0.15, 0.2) is 36.4 Å². The Kier molecular flexibility index (Phi) is 6.09. The van der Waals surface area contributed by atoms with Crippen molar-refractivity contribution >= 4 is 11.9 Å². The molecule has 1 fully saturated rings. The highest BCUT2D eigenvalue weighted by Gasteiger charge is 2.24. The maximum atomic E-state index is 13.0. The van der Waals surface area contributed by atoms with E-state index in [1.165, 1.54) is 5.56 Å². The van der Waals surface area contributed by atoms with Crippen LogP contribution in [0.25, 0.3) is 0 Å². The molecule has 2 aromatic rings. The van der Waals surface area contributed by atoms with Gasteiger partial charge in [-0.25, -0.2) is 9.97 Å². The van der Waals surface area contributed by atoms with E-state index in [-0.39, 0.29) is 11.9 Å². The van der Waals surface area contributed by atoms with Crippen LogP contribution in [0, 0.1) is 12.8 Å². The topological polar surface area (TPSA) is 49.3 Å². The Morgan fingerprint density at radius 1 is 1.19 bits per heavy atom. The average Bonchev–Trinajstić information content (AvgIpc) is 2.66. The molecule has 0 radical (unpaired) electrons. The van der Waals surface area contributed by atoms with Gasteiger partial charge in [0.05, 0.1) is 0 Å². The van der Waals surface area contributed by atoms with Crippen LogP contribution in [0.2, 0.25) is 0 Å². The lowest BCUT2D eigenvalue weighted by Gasteiger charge is -2.31. The van der Waals surface area contributed by atoms with E-state index in [1.807, 2.05) is 36.1 Å². The van der Waals surface area contributed by atoms with Gasteiger partial charge >= 0.3 is 0 Å². The van der Waals surface area contributed by atoms with E-state index in [9.17, 15) is 4.79 Å². The number of likely N-dealkylation sites (tertiary alicyclic amines) is 1. The average molecular weight is 367 g/mol. The van der Waals surface area contributed by atoms with Crippen molar-refractivity contribution in [1.82, 2.24) is 14.9 Å². The summed E-state index contributed by atoms with van der Waals surface area (Å²) in [6, 6.07) is 12.3. The van der Waals surface area contributed by atoms with Crippen LogP contribution in [0.1, 0.15) is 55.4 Å². The molecule has 1 aromatic carbocycles. The third-order valence-corrected chi connectivity index (χ3v) is 5.21. The standard InChI is InChI=1S/C22H30N4O/c1-16(2)26(15-19-8-6-5-7-9-19)22-23-18(4)14-20(24-22)21(27)25-12-10-17(3)11-13-25/h5-9,14,16-17H,10-13,15H2,1-4H3. The van der Waals surface area contributed by atoms with Crippen LogP contribution in [-0.4, -0.2) is 39.9 Å². The number of nitrogens with zero attached hydrogens (tertiary/aromatic N) is 4. The number of carbonyl (C=O) groups excluding carboxylic acids is 1. The number of piperidine rings is 1. The summed E-state index contributed by atoms with van der Waals surface area (Å²) in [6.07, 6.45) is 2.13. The molecular weight excluding hydrogens is 336 g/mol. The summed E-state index contributed by atoms with van der Waals surface area (Å²) in [6.45, 7) is 10.8. The normalized spacial score (nSPS) is 15.2. The van der Waals surface area contributed by atoms with Gasteiger partial charge in [-0.2, -0.15) is 0 Å². The molecule has 5 heteroatoms. The fourth-order valence-electron chi connectivity index (χ4n) is 3.43. The molecule has 0 atom stereocenters. The number of anilines is 1. The lowest BCUT2D eigenvalue weighted by atomic mass is 9.99. The van der Waals surface area contributed by atoms with E-state index < -0.39 is 0 Å². The summed E-state index contributed by atoms with van der Waals surface area (Å²) in [5.41, 5.74) is 2.53. The lowest BCUT2D eigenvalue weighted by molar-refractivity contribution is 0.0691. The second-order valence-corrected chi connectivity index (χ2v) is 7.88. The minimum Gasteiger partial charge on any atom is -0.337 e. The van der Waals surface area contributed by atoms with E-state index >= 15 is 0 Å². The third-order valence-electron chi connectivity index (χ3n) is 5.21. The Bertz CT molecular complexity index is 767. The fraction of sp³-hybridized carbons (Fsp3) is 0.500. The van der Waals surface area contributed by atoms with Gasteiger partial charge in [-0.15, -0.1) is 0 Å².